The van der Waals surface area contributed by atoms with Crippen LogP contribution in [0.1, 0.15) is 44.7 Å². The molecule has 2 aliphatic carbocycles. The fourth-order valence-corrected chi connectivity index (χ4v) is 3.53. The van der Waals surface area contributed by atoms with Gasteiger partial charge in [-0.2, -0.15) is 0 Å². The van der Waals surface area contributed by atoms with Gasteiger partial charge >= 0.3 is 5.97 Å². The molecule has 1 fully saturated rings. The third-order valence-electron chi connectivity index (χ3n) is 5.05. The van der Waals surface area contributed by atoms with Gasteiger partial charge in [0.1, 0.15) is 5.82 Å². The average molecular weight is 355 g/mol. The first-order chi connectivity index (χ1) is 12.4. The number of carboxylic acid groups (broad SMARTS) is 1. The number of hydrogen-bond donors (Lipinski definition) is 3. The van der Waals surface area contributed by atoms with Crippen molar-refractivity contribution in [3.05, 3.63) is 54.0 Å². The minimum Gasteiger partial charge on any atom is -0.478 e. The number of aliphatic carboxylic acids is 1. The molecule has 3 rings (SSSR count). The van der Waals surface area contributed by atoms with Crippen LogP contribution in [0.3, 0.4) is 0 Å². The van der Waals surface area contributed by atoms with Crippen LogP contribution in [0.4, 0.5) is 5.82 Å². The first-order valence-electron chi connectivity index (χ1n) is 9.01. The van der Waals surface area contributed by atoms with Gasteiger partial charge in [-0.3, -0.25) is 4.98 Å². The molecule has 1 unspecified atom stereocenters. The Balaban J connectivity index is 1.72. The Morgan fingerprint density at radius 1 is 1.31 bits per heavy atom. The van der Waals surface area contributed by atoms with Crippen LogP contribution >= 0.6 is 0 Å². The van der Waals surface area contributed by atoms with Crippen LogP contribution in [0, 0.1) is 0 Å². The second kappa shape index (κ2) is 7.83. The molecule has 6 heteroatoms. The molecule has 1 aromatic heterocycles. The molecule has 1 atom stereocenters. The van der Waals surface area contributed by atoms with Gasteiger partial charge in [0, 0.05) is 23.7 Å². The number of aliphatic hydroxyl groups is 1. The fraction of sp³-hybridized carbons (Fsp3) is 0.450. The lowest BCUT2D eigenvalue weighted by atomic mass is 9.77. The minimum absolute atomic E-state index is 0.180. The molecule has 0 saturated heterocycles. The van der Waals surface area contributed by atoms with Gasteiger partial charge in [-0.15, -0.1) is 0 Å². The maximum Gasteiger partial charge on any atom is 0.328 e. The topological polar surface area (TPSA) is 95.3 Å². The molecule has 0 radical (unpaired) electrons. The predicted octanol–water partition coefficient (Wildman–Crippen LogP) is 2.98. The van der Waals surface area contributed by atoms with Crippen molar-refractivity contribution in [3.63, 3.8) is 0 Å². The van der Waals surface area contributed by atoms with E-state index in [2.05, 4.69) is 23.3 Å². The van der Waals surface area contributed by atoms with Gasteiger partial charge in [0.25, 0.3) is 0 Å². The van der Waals surface area contributed by atoms with Gasteiger partial charge in [0.05, 0.1) is 18.0 Å². The number of aliphatic hydroxyl groups excluding tert-OH is 1. The molecule has 1 aromatic rings. The van der Waals surface area contributed by atoms with Crippen LogP contribution in [0.25, 0.3) is 0 Å². The Labute approximate surface area is 153 Å². The zero-order chi connectivity index (χ0) is 18.6. The lowest BCUT2D eigenvalue weighted by Gasteiger charge is -2.30. The number of carbonyl (C=O) groups is 1. The van der Waals surface area contributed by atoms with E-state index < -0.39 is 5.97 Å². The van der Waals surface area contributed by atoms with Gasteiger partial charge in [0.15, 0.2) is 0 Å². The molecule has 0 bridgehead atoms. The Hall–Kier alpha value is -2.47. The number of carboxylic acids is 1. The summed E-state index contributed by atoms with van der Waals surface area (Å²) >= 11 is 0. The number of aromatic nitrogens is 2. The highest BCUT2D eigenvalue weighted by Crippen LogP contribution is 2.35. The van der Waals surface area contributed by atoms with Crippen molar-refractivity contribution in [2.75, 3.05) is 5.32 Å². The smallest absolute Gasteiger partial charge is 0.328 e. The van der Waals surface area contributed by atoms with E-state index in [0.717, 1.165) is 48.8 Å². The quantitative estimate of drug-likeness (QED) is 0.703. The summed E-state index contributed by atoms with van der Waals surface area (Å²) in [6.07, 6.45) is 16.2. The van der Waals surface area contributed by atoms with Crippen molar-refractivity contribution < 1.29 is 15.0 Å². The summed E-state index contributed by atoms with van der Waals surface area (Å²) in [7, 11) is 0. The number of nitrogens with one attached hydrogen (secondary N) is 1. The summed E-state index contributed by atoms with van der Waals surface area (Å²) in [5.74, 6) is -0.207. The maximum absolute atomic E-state index is 10.7. The molecule has 0 amide bonds. The third kappa shape index (κ3) is 4.58. The Bertz CT molecular complexity index is 748. The minimum atomic E-state index is -0.953. The number of hydrogen-bond acceptors (Lipinski definition) is 5. The zero-order valence-electron chi connectivity index (χ0n) is 14.9. The van der Waals surface area contributed by atoms with Crippen molar-refractivity contribution >= 4 is 11.8 Å². The van der Waals surface area contributed by atoms with E-state index in [-0.39, 0.29) is 11.5 Å². The Kier molecular flexibility index (Phi) is 5.52. The van der Waals surface area contributed by atoms with E-state index in [4.69, 9.17) is 10.1 Å². The van der Waals surface area contributed by atoms with Gasteiger partial charge < -0.3 is 15.5 Å². The normalized spacial score (nSPS) is 28.8. The molecule has 2 aliphatic rings. The van der Waals surface area contributed by atoms with Crippen LogP contribution < -0.4 is 5.32 Å². The van der Waals surface area contributed by atoms with Crippen molar-refractivity contribution in [1.29, 1.82) is 0 Å². The van der Waals surface area contributed by atoms with E-state index in [1.54, 1.807) is 18.5 Å². The van der Waals surface area contributed by atoms with Crippen molar-refractivity contribution in [3.8, 4) is 0 Å². The van der Waals surface area contributed by atoms with E-state index in [9.17, 15) is 9.90 Å². The molecule has 138 valence electrons. The van der Waals surface area contributed by atoms with Crippen molar-refractivity contribution in [2.45, 2.75) is 56.6 Å². The van der Waals surface area contributed by atoms with Crippen LogP contribution in [-0.4, -0.2) is 38.3 Å². The van der Waals surface area contributed by atoms with Gasteiger partial charge in [-0.05, 0) is 37.7 Å². The predicted molar refractivity (Wildman–Crippen MR) is 99.9 cm³/mol. The Morgan fingerprint density at radius 3 is 2.81 bits per heavy atom. The van der Waals surface area contributed by atoms with Gasteiger partial charge in [-0.25, -0.2) is 9.78 Å². The average Bonchev–Trinajstić information content (AvgIpc) is 2.62. The highest BCUT2D eigenvalue weighted by atomic mass is 16.4. The molecule has 0 aromatic carbocycles. The van der Waals surface area contributed by atoms with Gasteiger partial charge in [-0.1, -0.05) is 31.2 Å². The molecular formula is C20H25N3O3. The summed E-state index contributed by atoms with van der Waals surface area (Å²) < 4.78 is 0. The zero-order valence-corrected chi connectivity index (χ0v) is 14.9. The summed E-state index contributed by atoms with van der Waals surface area (Å²) in [6.45, 7) is 2.08. The number of nitrogens with zero attached hydrogens (tertiary/aromatic N) is 2. The number of rotatable bonds is 5. The molecule has 1 saturated carbocycles. The van der Waals surface area contributed by atoms with Crippen molar-refractivity contribution in [1.82, 2.24) is 9.97 Å². The van der Waals surface area contributed by atoms with E-state index >= 15 is 0 Å². The highest BCUT2D eigenvalue weighted by molar-refractivity contribution is 5.80. The summed E-state index contributed by atoms with van der Waals surface area (Å²) in [6, 6.07) is 0.312. The Morgan fingerprint density at radius 2 is 2.08 bits per heavy atom. The van der Waals surface area contributed by atoms with Crippen LogP contribution in [0.2, 0.25) is 0 Å². The molecule has 6 nitrogen and oxygen atoms in total. The molecule has 0 aliphatic heterocycles. The molecular weight excluding hydrogens is 330 g/mol. The summed E-state index contributed by atoms with van der Waals surface area (Å²) in [4.78, 5) is 19.8. The third-order valence-corrected chi connectivity index (χ3v) is 5.05. The van der Waals surface area contributed by atoms with Crippen molar-refractivity contribution in [2.24, 2.45) is 0 Å². The maximum atomic E-state index is 10.7. The fourth-order valence-electron chi connectivity index (χ4n) is 3.53. The first kappa shape index (κ1) is 18.3. The second-order valence-electron chi connectivity index (χ2n) is 7.31. The second-order valence-corrected chi connectivity index (χ2v) is 7.31. The molecule has 26 heavy (non-hydrogen) atoms. The monoisotopic (exact) mass is 355 g/mol. The molecule has 1 heterocycles. The SMILES string of the molecule is CC1(c2cncc(NC3CCC(O)CC3)n2)C=CC=C(/C=C/C(=O)O)C1. The van der Waals surface area contributed by atoms with Crippen LogP contribution in [0.15, 0.2) is 48.3 Å². The highest BCUT2D eigenvalue weighted by Gasteiger charge is 2.29. The lowest BCUT2D eigenvalue weighted by Crippen LogP contribution is -2.29. The van der Waals surface area contributed by atoms with E-state index in [1.807, 2.05) is 12.2 Å². The van der Waals surface area contributed by atoms with Crippen LogP contribution in [0.5, 0.6) is 0 Å². The molecule has 3 N–H and O–H groups in total. The van der Waals surface area contributed by atoms with Gasteiger partial charge in [0.2, 0.25) is 0 Å². The van der Waals surface area contributed by atoms with E-state index in [1.165, 1.54) is 0 Å². The summed E-state index contributed by atoms with van der Waals surface area (Å²) in [5, 5.41) is 21.9. The lowest BCUT2D eigenvalue weighted by molar-refractivity contribution is -0.131. The van der Waals surface area contributed by atoms with E-state index in [0.29, 0.717) is 12.5 Å². The first-order valence-corrected chi connectivity index (χ1v) is 9.01. The number of allylic oxidation sites excluding steroid dienone is 5. The molecule has 0 spiro atoms. The standard InChI is InChI=1S/C20H25N3O3/c1-20(10-2-3-14(11-20)4-9-19(25)26)17-12-21-13-18(23-17)22-15-5-7-16(24)8-6-15/h2-4,9-10,12-13,15-16,24H,5-8,11H2,1H3,(H,22,23)(H,25,26)/b9-4+. The summed E-state index contributed by atoms with van der Waals surface area (Å²) in [5.41, 5.74) is 1.46. The largest absolute Gasteiger partial charge is 0.478 e. The van der Waals surface area contributed by atoms with Crippen LogP contribution in [-0.2, 0) is 10.2 Å². The number of anilines is 1.